The average molecular weight is 295 g/mol. The van der Waals surface area contributed by atoms with Crippen molar-refractivity contribution in [2.45, 2.75) is 24.4 Å². The second kappa shape index (κ2) is 5.25. The zero-order chi connectivity index (χ0) is 15.8. The number of hydrogen-bond acceptors (Lipinski definition) is 4. The molecule has 1 aromatic rings. The fourth-order valence-corrected chi connectivity index (χ4v) is 2.83. The summed E-state index contributed by atoms with van der Waals surface area (Å²) in [5.41, 5.74) is -1.45. The van der Waals surface area contributed by atoms with Gasteiger partial charge in [0.05, 0.1) is 5.92 Å². The Morgan fingerprint density at radius 2 is 2.05 bits per heavy atom. The Morgan fingerprint density at radius 1 is 1.38 bits per heavy atom. The molecule has 1 heterocycles. The maximum absolute atomic E-state index is 13.4. The standard InChI is InChI=1S/C14H14FNO5/c1-14(13(20)21)9(6-17)10(11(16-14)12(18)19)7-3-2-4-8(15)5-7/h2-6,9-11,16H,1H3,(H,18,19)(H,20,21)/t9-,10-,11-,14+/m0/s1. The van der Waals surface area contributed by atoms with Crippen LogP contribution < -0.4 is 5.32 Å². The lowest BCUT2D eigenvalue weighted by atomic mass is 9.77. The number of hydrogen-bond donors (Lipinski definition) is 3. The Kier molecular flexibility index (Phi) is 3.78. The molecule has 0 spiro atoms. The average Bonchev–Trinajstić information content (AvgIpc) is 2.73. The molecule has 21 heavy (non-hydrogen) atoms. The summed E-state index contributed by atoms with van der Waals surface area (Å²) in [5, 5.41) is 21.1. The van der Waals surface area contributed by atoms with E-state index in [2.05, 4.69) is 5.32 Å². The highest BCUT2D eigenvalue weighted by Crippen LogP contribution is 2.41. The molecule has 1 saturated heterocycles. The molecule has 7 heteroatoms. The quantitative estimate of drug-likeness (QED) is 0.704. The Morgan fingerprint density at radius 3 is 2.52 bits per heavy atom. The number of nitrogens with one attached hydrogen (secondary N) is 1. The third kappa shape index (κ3) is 2.40. The van der Waals surface area contributed by atoms with Gasteiger partial charge in [-0.3, -0.25) is 14.9 Å². The van der Waals surface area contributed by atoms with E-state index in [0.717, 1.165) is 6.07 Å². The molecular formula is C14H14FNO5. The van der Waals surface area contributed by atoms with Crippen molar-refractivity contribution in [1.82, 2.24) is 5.32 Å². The minimum Gasteiger partial charge on any atom is -0.480 e. The van der Waals surface area contributed by atoms with E-state index in [1.165, 1.54) is 25.1 Å². The van der Waals surface area contributed by atoms with Gasteiger partial charge in [0, 0.05) is 5.92 Å². The lowest BCUT2D eigenvalue weighted by molar-refractivity contribution is -0.146. The number of halogens is 1. The Balaban J connectivity index is 2.56. The molecule has 3 N–H and O–H groups in total. The van der Waals surface area contributed by atoms with E-state index in [-0.39, 0.29) is 5.56 Å². The first-order valence-corrected chi connectivity index (χ1v) is 6.26. The normalized spacial score (nSPS) is 31.8. The number of carbonyl (C=O) groups is 3. The summed E-state index contributed by atoms with van der Waals surface area (Å²) in [4.78, 5) is 34.2. The van der Waals surface area contributed by atoms with Gasteiger partial charge >= 0.3 is 11.9 Å². The highest BCUT2D eigenvalue weighted by molar-refractivity contribution is 5.88. The second-order valence-corrected chi connectivity index (χ2v) is 5.21. The number of carboxylic acid groups (broad SMARTS) is 2. The zero-order valence-electron chi connectivity index (χ0n) is 11.1. The fraction of sp³-hybridized carbons (Fsp3) is 0.357. The minimum atomic E-state index is -1.72. The SMILES string of the molecule is C[C@@]1(C(=O)O)N[C@H](C(=O)O)[C@@H](c2cccc(F)c2)[C@@H]1C=O. The maximum atomic E-state index is 13.4. The molecule has 0 aromatic heterocycles. The van der Waals surface area contributed by atoms with E-state index in [1.54, 1.807) is 0 Å². The van der Waals surface area contributed by atoms with Gasteiger partial charge in [-0.2, -0.15) is 0 Å². The molecule has 1 aliphatic heterocycles. The summed E-state index contributed by atoms with van der Waals surface area (Å²) in [6.07, 6.45) is 0.416. The Labute approximate surface area is 119 Å². The Bertz CT molecular complexity index is 605. The monoisotopic (exact) mass is 295 g/mol. The van der Waals surface area contributed by atoms with Gasteiger partial charge in [0.15, 0.2) is 0 Å². The van der Waals surface area contributed by atoms with Crippen LogP contribution in [0.2, 0.25) is 0 Å². The minimum absolute atomic E-state index is 0.275. The van der Waals surface area contributed by atoms with Crippen LogP contribution in [0, 0.1) is 11.7 Å². The van der Waals surface area contributed by atoms with Crippen LogP contribution in [0.25, 0.3) is 0 Å². The molecule has 0 aliphatic carbocycles. The number of aliphatic carboxylic acids is 2. The van der Waals surface area contributed by atoms with Crippen LogP contribution in [0.4, 0.5) is 4.39 Å². The predicted octanol–water partition coefficient (Wildman–Crippen LogP) is 0.624. The molecule has 6 nitrogen and oxygen atoms in total. The third-order valence-electron chi connectivity index (χ3n) is 3.96. The van der Waals surface area contributed by atoms with Crippen LogP contribution in [-0.2, 0) is 14.4 Å². The van der Waals surface area contributed by atoms with Crippen LogP contribution in [-0.4, -0.2) is 40.0 Å². The molecule has 0 amide bonds. The Hall–Kier alpha value is -2.28. The van der Waals surface area contributed by atoms with Gasteiger partial charge in [0.1, 0.15) is 23.7 Å². The van der Waals surface area contributed by atoms with Crippen LogP contribution in [0.15, 0.2) is 24.3 Å². The highest BCUT2D eigenvalue weighted by Gasteiger charge is 2.57. The zero-order valence-corrected chi connectivity index (χ0v) is 11.1. The van der Waals surface area contributed by atoms with Crippen molar-refractivity contribution in [3.05, 3.63) is 35.6 Å². The van der Waals surface area contributed by atoms with Crippen LogP contribution in [0.5, 0.6) is 0 Å². The third-order valence-corrected chi connectivity index (χ3v) is 3.96. The van der Waals surface area contributed by atoms with Crippen molar-refractivity contribution in [2.24, 2.45) is 5.92 Å². The first-order valence-electron chi connectivity index (χ1n) is 6.26. The van der Waals surface area contributed by atoms with Crippen molar-refractivity contribution < 1.29 is 29.0 Å². The largest absolute Gasteiger partial charge is 0.480 e. The van der Waals surface area contributed by atoms with Gasteiger partial charge in [0.2, 0.25) is 0 Å². The lowest BCUT2D eigenvalue weighted by Gasteiger charge is -2.25. The molecule has 1 aromatic carbocycles. The van der Waals surface area contributed by atoms with Crippen molar-refractivity contribution in [3.8, 4) is 0 Å². The summed E-state index contributed by atoms with van der Waals surface area (Å²) in [6.45, 7) is 1.25. The number of benzene rings is 1. The van der Waals surface area contributed by atoms with Gasteiger partial charge < -0.3 is 15.0 Å². The van der Waals surface area contributed by atoms with Crippen LogP contribution >= 0.6 is 0 Å². The summed E-state index contributed by atoms with van der Waals surface area (Å²) in [5.74, 6) is -5.29. The maximum Gasteiger partial charge on any atom is 0.324 e. The van der Waals surface area contributed by atoms with Crippen LogP contribution in [0.3, 0.4) is 0 Å². The van der Waals surface area contributed by atoms with Crippen molar-refractivity contribution in [2.75, 3.05) is 0 Å². The first kappa shape index (κ1) is 15.1. The first-order chi connectivity index (χ1) is 9.81. The number of carboxylic acids is 2. The molecule has 0 saturated carbocycles. The molecule has 2 rings (SSSR count). The summed E-state index contributed by atoms with van der Waals surface area (Å²) < 4.78 is 13.4. The lowest BCUT2D eigenvalue weighted by Crippen LogP contribution is -2.52. The molecule has 112 valence electrons. The van der Waals surface area contributed by atoms with Crippen molar-refractivity contribution in [1.29, 1.82) is 0 Å². The van der Waals surface area contributed by atoms with Gasteiger partial charge in [-0.1, -0.05) is 12.1 Å². The fourth-order valence-electron chi connectivity index (χ4n) is 2.83. The highest BCUT2D eigenvalue weighted by atomic mass is 19.1. The molecular weight excluding hydrogens is 281 g/mol. The van der Waals surface area contributed by atoms with Gasteiger partial charge in [0.25, 0.3) is 0 Å². The second-order valence-electron chi connectivity index (χ2n) is 5.21. The van der Waals surface area contributed by atoms with Crippen molar-refractivity contribution >= 4 is 18.2 Å². The summed E-state index contributed by atoms with van der Waals surface area (Å²) in [6, 6.07) is 3.89. The topological polar surface area (TPSA) is 104 Å². The van der Waals surface area contributed by atoms with E-state index in [9.17, 15) is 29.0 Å². The molecule has 0 unspecified atom stereocenters. The molecule has 0 radical (unpaired) electrons. The molecule has 1 aliphatic rings. The van der Waals surface area contributed by atoms with E-state index in [1.807, 2.05) is 0 Å². The van der Waals surface area contributed by atoms with E-state index >= 15 is 0 Å². The van der Waals surface area contributed by atoms with E-state index in [0.29, 0.717) is 6.29 Å². The summed E-state index contributed by atoms with van der Waals surface area (Å²) in [7, 11) is 0. The predicted molar refractivity (Wildman–Crippen MR) is 69.3 cm³/mol. The molecule has 4 atom stereocenters. The van der Waals surface area contributed by atoms with Gasteiger partial charge in [-0.15, -0.1) is 0 Å². The summed E-state index contributed by atoms with van der Waals surface area (Å²) >= 11 is 0. The number of aldehydes is 1. The number of rotatable bonds is 4. The van der Waals surface area contributed by atoms with E-state index in [4.69, 9.17) is 0 Å². The molecule has 0 bridgehead atoms. The van der Waals surface area contributed by atoms with Gasteiger partial charge in [-0.05, 0) is 24.6 Å². The van der Waals surface area contributed by atoms with Crippen LogP contribution in [0.1, 0.15) is 18.4 Å². The smallest absolute Gasteiger partial charge is 0.324 e. The van der Waals surface area contributed by atoms with E-state index < -0.39 is 41.2 Å². The molecule has 1 fully saturated rings. The number of carbonyl (C=O) groups excluding carboxylic acids is 1. The van der Waals surface area contributed by atoms with Gasteiger partial charge in [-0.25, -0.2) is 4.39 Å². The van der Waals surface area contributed by atoms with Crippen molar-refractivity contribution in [3.63, 3.8) is 0 Å².